The van der Waals surface area contributed by atoms with Gasteiger partial charge in [-0.1, -0.05) is 45.4 Å². The Balaban J connectivity index is 1.77. The van der Waals surface area contributed by atoms with Crippen LogP contribution >= 0.6 is 0 Å². The van der Waals surface area contributed by atoms with Crippen LogP contribution in [0.25, 0.3) is 0 Å². The molecule has 3 aliphatic rings. The van der Waals surface area contributed by atoms with Gasteiger partial charge in [0.25, 0.3) is 0 Å². The highest BCUT2D eigenvalue weighted by atomic mass is 16.5. The molecule has 1 spiro atoms. The van der Waals surface area contributed by atoms with Crippen molar-refractivity contribution in [2.45, 2.75) is 102 Å². The molecule has 0 amide bonds. The quantitative estimate of drug-likeness (QED) is 0.653. The van der Waals surface area contributed by atoms with Crippen LogP contribution in [0.3, 0.4) is 0 Å². The predicted molar refractivity (Wildman–Crippen MR) is 93.6 cm³/mol. The molecule has 23 heavy (non-hydrogen) atoms. The van der Waals surface area contributed by atoms with Gasteiger partial charge in [-0.05, 0) is 32.1 Å². The Morgan fingerprint density at radius 2 is 2.00 bits per heavy atom. The van der Waals surface area contributed by atoms with E-state index in [1.165, 1.54) is 64.2 Å². The maximum absolute atomic E-state index is 12.9. The summed E-state index contributed by atoms with van der Waals surface area (Å²) in [7, 11) is 1.83. The number of unbranched alkanes of at least 4 members (excludes halogenated alkanes) is 3. The van der Waals surface area contributed by atoms with Crippen LogP contribution in [0, 0.1) is 5.92 Å². The van der Waals surface area contributed by atoms with Crippen LogP contribution < -0.4 is 0 Å². The third kappa shape index (κ3) is 3.24. The number of rotatable bonds is 7. The number of nitrogens with zero attached hydrogens (tertiary/aromatic N) is 1. The molecule has 2 heterocycles. The van der Waals surface area contributed by atoms with Gasteiger partial charge in [0.15, 0.2) is 0 Å². The summed E-state index contributed by atoms with van der Waals surface area (Å²) in [6.45, 7) is 3.11. The van der Waals surface area contributed by atoms with E-state index in [2.05, 4.69) is 11.8 Å². The van der Waals surface area contributed by atoms with Gasteiger partial charge in [-0.15, -0.1) is 0 Å². The van der Waals surface area contributed by atoms with E-state index in [9.17, 15) is 4.79 Å². The zero-order valence-corrected chi connectivity index (χ0v) is 15.2. The van der Waals surface area contributed by atoms with Gasteiger partial charge in [0.2, 0.25) is 0 Å². The van der Waals surface area contributed by atoms with E-state index in [1.54, 1.807) is 0 Å². The molecule has 2 saturated heterocycles. The maximum Gasteiger partial charge on any atom is 0.139 e. The zero-order chi connectivity index (χ0) is 16.3. The summed E-state index contributed by atoms with van der Waals surface area (Å²) in [5.74, 6) is 0.907. The Morgan fingerprint density at radius 3 is 2.78 bits per heavy atom. The SMILES string of the molecule is CCCCCC[C@H]1CC(=O)[C@@H]2CCCC[C@@]23CC[C@H](COC)N13. The van der Waals surface area contributed by atoms with Gasteiger partial charge in [0.05, 0.1) is 6.61 Å². The zero-order valence-electron chi connectivity index (χ0n) is 15.2. The third-order valence-corrected chi connectivity index (χ3v) is 6.79. The van der Waals surface area contributed by atoms with Gasteiger partial charge in [-0.3, -0.25) is 9.69 Å². The fraction of sp³-hybridized carbons (Fsp3) is 0.950. The lowest BCUT2D eigenvalue weighted by atomic mass is 9.65. The van der Waals surface area contributed by atoms with Gasteiger partial charge in [0.1, 0.15) is 5.78 Å². The molecule has 0 aromatic heterocycles. The number of Topliss-reactive ketones (excluding diaryl/α,β-unsaturated/α-hetero) is 1. The molecule has 0 bridgehead atoms. The summed E-state index contributed by atoms with van der Waals surface area (Å²) in [6, 6.07) is 1.03. The Bertz CT molecular complexity index is 410. The molecular weight excluding hydrogens is 286 g/mol. The fourth-order valence-electron chi connectivity index (χ4n) is 5.88. The normalized spacial score (nSPS) is 37.7. The van der Waals surface area contributed by atoms with Crippen LogP contribution in [0.4, 0.5) is 0 Å². The predicted octanol–water partition coefficient (Wildman–Crippen LogP) is 4.34. The first-order valence-electron chi connectivity index (χ1n) is 10.0. The largest absolute Gasteiger partial charge is 0.383 e. The molecule has 0 aromatic rings. The minimum Gasteiger partial charge on any atom is -0.383 e. The molecule has 0 aromatic carbocycles. The summed E-state index contributed by atoms with van der Waals surface area (Å²) in [5, 5.41) is 0. The summed E-state index contributed by atoms with van der Waals surface area (Å²) in [5.41, 5.74) is 0.201. The van der Waals surface area contributed by atoms with Crippen molar-refractivity contribution in [3.05, 3.63) is 0 Å². The number of hydrogen-bond acceptors (Lipinski definition) is 3. The van der Waals surface area contributed by atoms with Gasteiger partial charge in [-0.25, -0.2) is 0 Å². The van der Waals surface area contributed by atoms with Crippen molar-refractivity contribution in [2.24, 2.45) is 5.92 Å². The molecule has 3 fully saturated rings. The smallest absolute Gasteiger partial charge is 0.139 e. The van der Waals surface area contributed by atoms with Crippen LogP contribution in [0.2, 0.25) is 0 Å². The van der Waals surface area contributed by atoms with E-state index < -0.39 is 0 Å². The molecule has 132 valence electrons. The maximum atomic E-state index is 12.9. The highest BCUT2D eigenvalue weighted by molar-refractivity contribution is 5.84. The van der Waals surface area contributed by atoms with E-state index in [0.717, 1.165) is 19.4 Å². The van der Waals surface area contributed by atoms with E-state index in [4.69, 9.17) is 4.74 Å². The van der Waals surface area contributed by atoms with Crippen molar-refractivity contribution in [3.8, 4) is 0 Å². The fourth-order valence-corrected chi connectivity index (χ4v) is 5.88. The summed E-state index contributed by atoms with van der Waals surface area (Å²) in [6.07, 6.45) is 14.6. The van der Waals surface area contributed by atoms with Crippen molar-refractivity contribution in [3.63, 3.8) is 0 Å². The van der Waals surface area contributed by atoms with Gasteiger partial charge in [0, 0.05) is 37.1 Å². The van der Waals surface area contributed by atoms with Crippen LogP contribution in [0.15, 0.2) is 0 Å². The van der Waals surface area contributed by atoms with Crippen molar-refractivity contribution in [1.29, 1.82) is 0 Å². The van der Waals surface area contributed by atoms with E-state index in [-0.39, 0.29) is 5.54 Å². The number of ether oxygens (including phenoxy) is 1. The highest BCUT2D eigenvalue weighted by Gasteiger charge is 2.58. The standard InChI is InChI=1S/C20H35NO2/c1-3-4-5-6-9-16-14-19(22)18-10-7-8-12-20(18)13-11-17(15-23-2)21(16)20/h16-18H,3-15H2,1-2H3/t16-,17+,18-,20+/m0/s1. The number of ketones is 1. The monoisotopic (exact) mass is 321 g/mol. The second-order valence-corrected chi connectivity index (χ2v) is 8.13. The number of piperidine rings is 1. The molecule has 3 heteroatoms. The minimum absolute atomic E-state index is 0.201. The van der Waals surface area contributed by atoms with Crippen molar-refractivity contribution in [1.82, 2.24) is 4.90 Å². The third-order valence-electron chi connectivity index (χ3n) is 6.79. The van der Waals surface area contributed by atoms with Crippen LogP contribution in [-0.4, -0.2) is 42.0 Å². The Morgan fingerprint density at radius 1 is 1.13 bits per heavy atom. The Labute approximate surface area is 142 Å². The lowest BCUT2D eigenvalue weighted by Crippen LogP contribution is -2.64. The first kappa shape index (κ1) is 17.4. The Hall–Kier alpha value is -0.410. The van der Waals surface area contributed by atoms with Crippen LogP contribution in [0.5, 0.6) is 0 Å². The molecule has 1 aliphatic carbocycles. The number of carbonyl (C=O) groups is 1. The van der Waals surface area contributed by atoms with Crippen molar-refractivity contribution >= 4 is 5.78 Å². The lowest BCUT2D eigenvalue weighted by molar-refractivity contribution is -0.144. The average molecular weight is 322 g/mol. The topological polar surface area (TPSA) is 29.5 Å². The van der Waals surface area contributed by atoms with Gasteiger partial charge >= 0.3 is 0 Å². The van der Waals surface area contributed by atoms with Gasteiger partial charge in [-0.2, -0.15) is 0 Å². The van der Waals surface area contributed by atoms with E-state index >= 15 is 0 Å². The average Bonchev–Trinajstić information content (AvgIpc) is 2.91. The molecule has 3 nitrogen and oxygen atoms in total. The van der Waals surface area contributed by atoms with Crippen molar-refractivity contribution < 1.29 is 9.53 Å². The second-order valence-electron chi connectivity index (χ2n) is 8.13. The highest BCUT2D eigenvalue weighted by Crippen LogP contribution is 2.53. The van der Waals surface area contributed by atoms with Crippen LogP contribution in [-0.2, 0) is 9.53 Å². The molecule has 0 unspecified atom stereocenters. The summed E-state index contributed by atoms with van der Waals surface area (Å²) < 4.78 is 5.54. The molecular formula is C20H35NO2. The van der Waals surface area contributed by atoms with E-state index in [0.29, 0.717) is 23.8 Å². The number of methoxy groups -OCH3 is 1. The lowest BCUT2D eigenvalue weighted by Gasteiger charge is -2.55. The molecule has 1 saturated carbocycles. The summed E-state index contributed by atoms with van der Waals surface area (Å²) >= 11 is 0. The number of hydrogen-bond donors (Lipinski definition) is 0. The molecule has 0 N–H and O–H groups in total. The molecule has 0 radical (unpaired) electrons. The first-order chi connectivity index (χ1) is 11.2. The summed E-state index contributed by atoms with van der Waals surface area (Å²) in [4.78, 5) is 15.7. The van der Waals surface area contributed by atoms with Crippen molar-refractivity contribution in [2.75, 3.05) is 13.7 Å². The molecule has 3 rings (SSSR count). The molecule has 2 aliphatic heterocycles. The second kappa shape index (κ2) is 7.65. The van der Waals surface area contributed by atoms with Gasteiger partial charge < -0.3 is 4.74 Å². The minimum atomic E-state index is 0.201. The molecule has 4 atom stereocenters. The van der Waals surface area contributed by atoms with Crippen LogP contribution in [0.1, 0.15) is 84.0 Å². The first-order valence-corrected chi connectivity index (χ1v) is 10.0. The van der Waals surface area contributed by atoms with E-state index in [1.807, 2.05) is 7.11 Å². The Kier molecular flexibility index (Phi) is 5.79. The number of carbonyl (C=O) groups excluding carboxylic acids is 1.